The molecule has 0 aliphatic carbocycles. The molecule has 0 aliphatic rings. The van der Waals surface area contributed by atoms with Gasteiger partial charge in [0.05, 0.1) is 17.1 Å². The summed E-state index contributed by atoms with van der Waals surface area (Å²) in [6.07, 6.45) is 5.33. The van der Waals surface area contributed by atoms with Crippen LogP contribution in [-0.4, -0.2) is 19.9 Å². The molecule has 2 N–H and O–H groups in total. The summed E-state index contributed by atoms with van der Waals surface area (Å²) in [4.78, 5) is 28.3. The normalized spacial score (nSPS) is 12.1. The van der Waals surface area contributed by atoms with Gasteiger partial charge in [-0.2, -0.15) is 0 Å². The molecule has 0 spiro atoms. The molecule has 0 aliphatic heterocycles. The summed E-state index contributed by atoms with van der Waals surface area (Å²) >= 11 is 6.05. The van der Waals surface area contributed by atoms with E-state index in [4.69, 9.17) is 11.6 Å². The van der Waals surface area contributed by atoms with Crippen molar-refractivity contribution < 1.29 is 0 Å². The summed E-state index contributed by atoms with van der Waals surface area (Å²) in [7, 11) is 0. The summed E-state index contributed by atoms with van der Waals surface area (Å²) in [5.41, 5.74) is 4.62. The Hall–Kier alpha value is -3.25. The standard InChI is InChI=1S/C21H18ClN5O/c1-12-11-23-7-6-16(12)14-5-8-24-19(9-14)25-13(2)20-21(28)27-17-4-3-15(22)10-18(17)26-20/h3-11,13H,1-2H3,(H,24,25)(H,27,28)/t13-/m0/s1. The first-order chi connectivity index (χ1) is 13.5. The third-order valence-corrected chi connectivity index (χ3v) is 4.78. The number of pyridine rings is 2. The molecule has 0 amide bonds. The number of hydrogen-bond donors (Lipinski definition) is 2. The van der Waals surface area contributed by atoms with E-state index in [0.29, 0.717) is 27.6 Å². The average Bonchev–Trinajstić information content (AvgIpc) is 2.68. The molecule has 28 heavy (non-hydrogen) atoms. The molecule has 140 valence electrons. The Bertz CT molecular complexity index is 1220. The van der Waals surface area contributed by atoms with E-state index in [0.717, 1.165) is 16.7 Å². The second-order valence-corrected chi connectivity index (χ2v) is 7.04. The predicted molar refractivity (Wildman–Crippen MR) is 112 cm³/mol. The molecule has 0 unspecified atom stereocenters. The van der Waals surface area contributed by atoms with Crippen molar-refractivity contribution in [1.82, 2.24) is 19.9 Å². The van der Waals surface area contributed by atoms with Gasteiger partial charge >= 0.3 is 0 Å². The van der Waals surface area contributed by atoms with Gasteiger partial charge in [-0.05, 0) is 66.9 Å². The summed E-state index contributed by atoms with van der Waals surface area (Å²) in [5.74, 6) is 0.661. The minimum Gasteiger partial charge on any atom is -0.362 e. The molecule has 1 aromatic carbocycles. The topological polar surface area (TPSA) is 83.6 Å². The number of anilines is 1. The van der Waals surface area contributed by atoms with E-state index in [2.05, 4.69) is 25.3 Å². The summed E-state index contributed by atoms with van der Waals surface area (Å²) in [6.45, 7) is 3.89. The number of hydrogen-bond acceptors (Lipinski definition) is 5. The lowest BCUT2D eigenvalue weighted by Crippen LogP contribution is -2.22. The maximum absolute atomic E-state index is 12.5. The van der Waals surface area contributed by atoms with Crippen LogP contribution >= 0.6 is 11.6 Å². The number of fused-ring (bicyclic) bond motifs is 1. The van der Waals surface area contributed by atoms with Crippen LogP contribution in [0.2, 0.25) is 5.02 Å². The van der Waals surface area contributed by atoms with Gasteiger partial charge in [-0.15, -0.1) is 0 Å². The SMILES string of the molecule is Cc1cnccc1-c1ccnc(N[C@@H](C)c2nc3cc(Cl)ccc3[nH]c2=O)c1. The predicted octanol–water partition coefficient (Wildman–Crippen LogP) is 4.52. The zero-order valence-electron chi connectivity index (χ0n) is 15.4. The second kappa shape index (κ2) is 7.40. The third kappa shape index (κ3) is 3.59. The molecular weight excluding hydrogens is 374 g/mol. The number of nitrogens with one attached hydrogen (secondary N) is 2. The highest BCUT2D eigenvalue weighted by molar-refractivity contribution is 6.31. The van der Waals surface area contributed by atoms with Crippen molar-refractivity contribution in [2.75, 3.05) is 5.32 Å². The Morgan fingerprint density at radius 1 is 1.14 bits per heavy atom. The molecule has 3 heterocycles. The second-order valence-electron chi connectivity index (χ2n) is 6.60. The first-order valence-corrected chi connectivity index (χ1v) is 9.22. The molecule has 0 fully saturated rings. The number of aromatic amines is 1. The molecule has 4 aromatic rings. The van der Waals surface area contributed by atoms with Gasteiger partial charge in [0.2, 0.25) is 0 Å². The first kappa shape index (κ1) is 18.1. The van der Waals surface area contributed by atoms with Crippen molar-refractivity contribution in [1.29, 1.82) is 0 Å². The molecule has 0 bridgehead atoms. The number of H-pyrrole nitrogens is 1. The van der Waals surface area contributed by atoms with Crippen molar-refractivity contribution in [2.24, 2.45) is 0 Å². The lowest BCUT2D eigenvalue weighted by molar-refractivity contribution is 0.816. The molecule has 0 saturated carbocycles. The molecule has 0 saturated heterocycles. The minimum absolute atomic E-state index is 0.240. The Balaban J connectivity index is 1.66. The fraction of sp³-hybridized carbons (Fsp3) is 0.143. The zero-order chi connectivity index (χ0) is 19.7. The van der Waals surface area contributed by atoms with Gasteiger partial charge in [-0.1, -0.05) is 11.6 Å². The molecular formula is C21H18ClN5O. The van der Waals surface area contributed by atoms with Gasteiger partial charge in [0.1, 0.15) is 11.5 Å². The van der Waals surface area contributed by atoms with Crippen molar-refractivity contribution >= 4 is 28.5 Å². The molecule has 4 rings (SSSR count). The van der Waals surface area contributed by atoms with Crippen molar-refractivity contribution in [2.45, 2.75) is 19.9 Å². The van der Waals surface area contributed by atoms with Gasteiger partial charge in [0.25, 0.3) is 5.56 Å². The highest BCUT2D eigenvalue weighted by Crippen LogP contribution is 2.25. The van der Waals surface area contributed by atoms with Gasteiger partial charge in [-0.3, -0.25) is 9.78 Å². The number of benzene rings is 1. The highest BCUT2D eigenvalue weighted by atomic mass is 35.5. The van der Waals surface area contributed by atoms with Crippen LogP contribution in [0.1, 0.15) is 24.2 Å². The lowest BCUT2D eigenvalue weighted by atomic mass is 10.0. The minimum atomic E-state index is -0.339. The zero-order valence-corrected chi connectivity index (χ0v) is 16.2. The van der Waals surface area contributed by atoms with E-state index in [9.17, 15) is 4.79 Å². The van der Waals surface area contributed by atoms with Crippen LogP contribution in [0, 0.1) is 6.92 Å². The maximum atomic E-state index is 12.5. The smallest absolute Gasteiger partial charge is 0.272 e. The number of rotatable bonds is 4. The van der Waals surface area contributed by atoms with Gasteiger partial charge < -0.3 is 10.3 Å². The van der Waals surface area contributed by atoms with E-state index in [1.165, 1.54) is 0 Å². The highest BCUT2D eigenvalue weighted by Gasteiger charge is 2.14. The van der Waals surface area contributed by atoms with Crippen LogP contribution in [0.15, 0.2) is 59.8 Å². The largest absolute Gasteiger partial charge is 0.362 e. The van der Waals surface area contributed by atoms with E-state index >= 15 is 0 Å². The Morgan fingerprint density at radius 2 is 2.00 bits per heavy atom. The van der Waals surface area contributed by atoms with E-state index in [1.54, 1.807) is 30.6 Å². The molecule has 0 radical (unpaired) electrons. The van der Waals surface area contributed by atoms with Crippen LogP contribution in [0.5, 0.6) is 0 Å². The maximum Gasteiger partial charge on any atom is 0.272 e. The van der Waals surface area contributed by atoms with Gasteiger partial charge in [-0.25, -0.2) is 9.97 Å². The molecule has 3 aromatic heterocycles. The molecule has 1 atom stereocenters. The number of nitrogens with zero attached hydrogens (tertiary/aromatic N) is 3. The van der Waals surface area contributed by atoms with Crippen molar-refractivity contribution in [3.63, 3.8) is 0 Å². The Morgan fingerprint density at radius 3 is 2.82 bits per heavy atom. The van der Waals surface area contributed by atoms with Crippen LogP contribution in [0.4, 0.5) is 5.82 Å². The van der Waals surface area contributed by atoms with Crippen LogP contribution in [0.3, 0.4) is 0 Å². The Labute approximate surface area is 166 Å². The van der Waals surface area contributed by atoms with Crippen molar-refractivity contribution in [3.05, 3.63) is 81.6 Å². The number of halogens is 1. The number of aryl methyl sites for hydroxylation is 1. The Kier molecular flexibility index (Phi) is 4.79. The van der Waals surface area contributed by atoms with E-state index < -0.39 is 0 Å². The summed E-state index contributed by atoms with van der Waals surface area (Å²) < 4.78 is 0. The molecule has 7 heteroatoms. The quantitative estimate of drug-likeness (QED) is 0.534. The molecule has 6 nitrogen and oxygen atoms in total. The lowest BCUT2D eigenvalue weighted by Gasteiger charge is -2.15. The first-order valence-electron chi connectivity index (χ1n) is 8.84. The summed E-state index contributed by atoms with van der Waals surface area (Å²) in [5, 5.41) is 3.84. The van der Waals surface area contributed by atoms with E-state index in [1.807, 2.05) is 38.2 Å². The van der Waals surface area contributed by atoms with Crippen LogP contribution in [-0.2, 0) is 0 Å². The van der Waals surface area contributed by atoms with Crippen LogP contribution in [0.25, 0.3) is 22.2 Å². The van der Waals surface area contributed by atoms with Gasteiger partial charge in [0, 0.05) is 23.6 Å². The summed E-state index contributed by atoms with van der Waals surface area (Å²) in [6, 6.07) is 10.7. The van der Waals surface area contributed by atoms with Crippen LogP contribution < -0.4 is 10.9 Å². The monoisotopic (exact) mass is 391 g/mol. The van der Waals surface area contributed by atoms with Crippen molar-refractivity contribution in [3.8, 4) is 11.1 Å². The average molecular weight is 392 g/mol. The fourth-order valence-corrected chi connectivity index (χ4v) is 3.29. The fourth-order valence-electron chi connectivity index (χ4n) is 3.13. The van der Waals surface area contributed by atoms with E-state index in [-0.39, 0.29) is 11.6 Å². The number of aromatic nitrogens is 4. The van der Waals surface area contributed by atoms with Gasteiger partial charge in [0.15, 0.2) is 0 Å². The third-order valence-electron chi connectivity index (χ3n) is 4.55.